The molecule has 4 aromatic rings. The van der Waals surface area contributed by atoms with Gasteiger partial charge in [-0.05, 0) is 48.5 Å². The smallest absolute Gasteiger partial charge is 0.289 e. The van der Waals surface area contributed by atoms with Crippen LogP contribution < -0.4 is 0 Å². The summed E-state index contributed by atoms with van der Waals surface area (Å²) in [6.07, 6.45) is 1.000. The molecule has 1 fully saturated rings. The number of furan rings is 1. The van der Waals surface area contributed by atoms with Crippen LogP contribution in [0.15, 0.2) is 68.2 Å². The van der Waals surface area contributed by atoms with Crippen molar-refractivity contribution in [2.75, 3.05) is 32.7 Å². The molecule has 0 spiro atoms. The Balaban J connectivity index is 1.28. The van der Waals surface area contributed by atoms with Gasteiger partial charge in [0.15, 0.2) is 5.76 Å². The minimum atomic E-state index is -0.520. The van der Waals surface area contributed by atoms with Crippen molar-refractivity contribution in [1.29, 1.82) is 0 Å². The summed E-state index contributed by atoms with van der Waals surface area (Å²) >= 11 is 7.16. The SMILES string of the molecule is O=C(c1ccco1)N1CCN(C[C@H](O)Cn2c3ccc(Br)cc3c3cc(Br)ccc32)CC1. The Kier molecular flexibility index (Phi) is 6.11. The molecule has 1 atom stereocenters. The number of piperazine rings is 1. The number of β-amino-alcohol motifs (C(OH)–C–C–N with tert-alkyl or cyclic N) is 1. The molecule has 32 heavy (non-hydrogen) atoms. The molecule has 5 rings (SSSR count). The number of amides is 1. The van der Waals surface area contributed by atoms with Gasteiger partial charge in [-0.25, -0.2) is 0 Å². The monoisotopic (exact) mass is 559 g/mol. The second kappa shape index (κ2) is 9.02. The average molecular weight is 561 g/mol. The predicted octanol–water partition coefficient (Wildman–Crippen LogP) is 4.73. The molecule has 0 unspecified atom stereocenters. The van der Waals surface area contributed by atoms with E-state index in [1.807, 2.05) is 17.0 Å². The number of hydrogen-bond acceptors (Lipinski definition) is 4. The second-order valence-electron chi connectivity index (χ2n) is 8.16. The molecule has 6 nitrogen and oxygen atoms in total. The van der Waals surface area contributed by atoms with Gasteiger partial charge in [-0.15, -0.1) is 0 Å². The van der Waals surface area contributed by atoms with Crippen LogP contribution in [-0.2, 0) is 6.54 Å². The lowest BCUT2D eigenvalue weighted by Gasteiger charge is -2.35. The molecule has 166 valence electrons. The molecule has 3 heterocycles. The van der Waals surface area contributed by atoms with Crippen LogP contribution in [0.2, 0.25) is 0 Å². The molecule has 0 aliphatic carbocycles. The maximum absolute atomic E-state index is 12.5. The molecule has 8 heteroatoms. The van der Waals surface area contributed by atoms with E-state index in [0.29, 0.717) is 31.9 Å². The first-order chi connectivity index (χ1) is 15.5. The van der Waals surface area contributed by atoms with E-state index in [1.54, 1.807) is 12.1 Å². The van der Waals surface area contributed by atoms with Crippen molar-refractivity contribution < 1.29 is 14.3 Å². The maximum Gasteiger partial charge on any atom is 0.289 e. The fourth-order valence-corrected chi connectivity index (χ4v) is 5.22. The molecule has 0 radical (unpaired) electrons. The van der Waals surface area contributed by atoms with Crippen LogP contribution in [0.4, 0.5) is 0 Å². The van der Waals surface area contributed by atoms with Crippen molar-refractivity contribution in [3.8, 4) is 0 Å². The molecular formula is C24H23Br2N3O3. The normalized spacial score (nSPS) is 16.2. The number of aliphatic hydroxyl groups excluding tert-OH is 1. The Hall–Kier alpha value is -2.13. The zero-order valence-corrected chi connectivity index (χ0v) is 20.5. The van der Waals surface area contributed by atoms with E-state index in [0.717, 1.165) is 43.8 Å². The summed E-state index contributed by atoms with van der Waals surface area (Å²) in [7, 11) is 0. The molecular weight excluding hydrogens is 538 g/mol. The van der Waals surface area contributed by atoms with Crippen LogP contribution >= 0.6 is 31.9 Å². The van der Waals surface area contributed by atoms with Crippen molar-refractivity contribution in [3.05, 3.63) is 69.5 Å². The lowest BCUT2D eigenvalue weighted by Crippen LogP contribution is -2.50. The molecule has 1 aliphatic rings. The third-order valence-electron chi connectivity index (χ3n) is 6.04. The van der Waals surface area contributed by atoms with E-state index >= 15 is 0 Å². The summed E-state index contributed by atoms with van der Waals surface area (Å²) in [5.74, 6) is 0.306. The number of aliphatic hydroxyl groups is 1. The average Bonchev–Trinajstić information content (AvgIpc) is 3.41. The predicted molar refractivity (Wildman–Crippen MR) is 132 cm³/mol. The van der Waals surface area contributed by atoms with Crippen LogP contribution in [0.3, 0.4) is 0 Å². The Bertz CT molecular complexity index is 1200. The summed E-state index contributed by atoms with van der Waals surface area (Å²) in [4.78, 5) is 16.5. The molecule has 2 aromatic heterocycles. The molecule has 0 saturated carbocycles. The number of carbonyl (C=O) groups is 1. The highest BCUT2D eigenvalue weighted by atomic mass is 79.9. The lowest BCUT2D eigenvalue weighted by atomic mass is 10.2. The Morgan fingerprint density at radius 3 is 2.12 bits per heavy atom. The van der Waals surface area contributed by atoms with Gasteiger partial charge in [0.25, 0.3) is 5.91 Å². The van der Waals surface area contributed by atoms with Crippen LogP contribution in [0, 0.1) is 0 Å². The number of rotatable bonds is 5. The van der Waals surface area contributed by atoms with Gasteiger partial charge < -0.3 is 19.0 Å². The van der Waals surface area contributed by atoms with Gasteiger partial charge in [-0.2, -0.15) is 0 Å². The van der Waals surface area contributed by atoms with E-state index in [4.69, 9.17) is 4.42 Å². The van der Waals surface area contributed by atoms with Crippen LogP contribution in [0.25, 0.3) is 21.8 Å². The summed E-state index contributed by atoms with van der Waals surface area (Å²) in [6.45, 7) is 3.80. The second-order valence-corrected chi connectivity index (χ2v) is 9.99. The first-order valence-electron chi connectivity index (χ1n) is 10.6. The fraction of sp³-hybridized carbons (Fsp3) is 0.292. The highest BCUT2D eigenvalue weighted by Gasteiger charge is 2.25. The topological polar surface area (TPSA) is 61.9 Å². The van der Waals surface area contributed by atoms with E-state index in [2.05, 4.69) is 65.6 Å². The Labute approximate surface area is 202 Å². The van der Waals surface area contributed by atoms with Crippen molar-refractivity contribution in [2.24, 2.45) is 0 Å². The highest BCUT2D eigenvalue weighted by molar-refractivity contribution is 9.10. The molecule has 0 bridgehead atoms. The summed E-state index contributed by atoms with van der Waals surface area (Å²) in [5.41, 5.74) is 2.21. The van der Waals surface area contributed by atoms with E-state index in [1.165, 1.54) is 6.26 Å². The van der Waals surface area contributed by atoms with E-state index in [-0.39, 0.29) is 5.91 Å². The zero-order chi connectivity index (χ0) is 22.2. The van der Waals surface area contributed by atoms with Crippen LogP contribution in [0.5, 0.6) is 0 Å². The molecule has 1 aliphatic heterocycles. The standard InChI is InChI=1S/C24H23Br2N3O3/c25-16-3-5-21-19(12-16)20-13-17(26)4-6-22(20)29(21)15-18(30)14-27-7-9-28(10-8-27)24(31)23-2-1-11-32-23/h1-6,11-13,18,30H,7-10,14-15H2/t18-/m0/s1. The van der Waals surface area contributed by atoms with Gasteiger partial charge in [0.2, 0.25) is 0 Å². The molecule has 1 amide bonds. The van der Waals surface area contributed by atoms with Gasteiger partial charge in [0.05, 0.1) is 18.9 Å². The van der Waals surface area contributed by atoms with Gasteiger partial charge in [0.1, 0.15) is 0 Å². The summed E-state index contributed by atoms with van der Waals surface area (Å²) in [6, 6.07) is 15.9. The molecule has 2 aromatic carbocycles. The van der Waals surface area contributed by atoms with E-state index < -0.39 is 6.10 Å². The van der Waals surface area contributed by atoms with Crippen LogP contribution in [-0.4, -0.2) is 64.2 Å². The quantitative estimate of drug-likeness (QED) is 0.383. The number of nitrogens with zero attached hydrogens (tertiary/aromatic N) is 3. The van der Waals surface area contributed by atoms with Crippen LogP contribution in [0.1, 0.15) is 10.6 Å². The first kappa shape index (κ1) is 21.7. The van der Waals surface area contributed by atoms with Gasteiger partial charge in [0, 0.05) is 63.5 Å². The van der Waals surface area contributed by atoms with Crippen molar-refractivity contribution in [3.63, 3.8) is 0 Å². The largest absolute Gasteiger partial charge is 0.459 e. The molecule has 1 N–H and O–H groups in total. The minimum absolute atomic E-state index is 0.0715. The van der Waals surface area contributed by atoms with Crippen molar-refractivity contribution in [1.82, 2.24) is 14.4 Å². The van der Waals surface area contributed by atoms with Crippen molar-refractivity contribution >= 4 is 59.6 Å². The minimum Gasteiger partial charge on any atom is -0.459 e. The maximum atomic E-state index is 12.5. The van der Waals surface area contributed by atoms with Gasteiger partial charge >= 0.3 is 0 Å². The number of benzene rings is 2. The number of aromatic nitrogens is 1. The Morgan fingerprint density at radius 1 is 0.938 bits per heavy atom. The highest BCUT2D eigenvalue weighted by Crippen LogP contribution is 2.33. The number of fused-ring (bicyclic) bond motifs is 3. The Morgan fingerprint density at radius 2 is 1.56 bits per heavy atom. The van der Waals surface area contributed by atoms with Crippen molar-refractivity contribution in [2.45, 2.75) is 12.6 Å². The molecule has 1 saturated heterocycles. The third kappa shape index (κ3) is 4.24. The van der Waals surface area contributed by atoms with Gasteiger partial charge in [-0.3, -0.25) is 9.69 Å². The summed E-state index contributed by atoms with van der Waals surface area (Å²) in [5, 5.41) is 13.3. The number of halogens is 2. The third-order valence-corrected chi connectivity index (χ3v) is 7.03. The fourth-order valence-electron chi connectivity index (χ4n) is 4.50. The number of carbonyl (C=O) groups excluding carboxylic acids is 1. The zero-order valence-electron chi connectivity index (χ0n) is 17.4. The van der Waals surface area contributed by atoms with Gasteiger partial charge in [-0.1, -0.05) is 31.9 Å². The first-order valence-corrected chi connectivity index (χ1v) is 12.2. The van der Waals surface area contributed by atoms with E-state index in [9.17, 15) is 9.90 Å². The lowest BCUT2D eigenvalue weighted by molar-refractivity contribution is 0.0481. The summed E-state index contributed by atoms with van der Waals surface area (Å²) < 4.78 is 9.50. The number of hydrogen-bond donors (Lipinski definition) is 1.